The van der Waals surface area contributed by atoms with Gasteiger partial charge in [-0.1, -0.05) is 0 Å². The summed E-state index contributed by atoms with van der Waals surface area (Å²) in [6.07, 6.45) is 7.02. The van der Waals surface area contributed by atoms with Gasteiger partial charge in [-0.2, -0.15) is 0 Å². The maximum atomic E-state index is 3.87. The quantitative estimate of drug-likeness (QED) is 0.454. The van der Waals surface area contributed by atoms with Crippen molar-refractivity contribution in [1.29, 1.82) is 0 Å². The van der Waals surface area contributed by atoms with E-state index in [2.05, 4.69) is 51.0 Å². The molecular weight excluding hydrogens is 267 g/mol. The zero-order valence-electron chi connectivity index (χ0n) is 10.5. The van der Waals surface area contributed by atoms with Crippen LogP contribution in [0, 0.1) is 0 Å². The minimum atomic E-state index is 0.640. The topological polar surface area (TPSA) is 0 Å². The fraction of sp³-hybridized carbons (Fsp3) is 0.692. The van der Waals surface area contributed by atoms with Crippen LogP contribution in [0.4, 0.5) is 0 Å². The van der Waals surface area contributed by atoms with Gasteiger partial charge in [-0.25, -0.2) is 0 Å². The van der Waals surface area contributed by atoms with E-state index < -0.39 is 0 Å². The fourth-order valence-electron chi connectivity index (χ4n) is 1.34. The molecule has 0 rings (SSSR count). The third-order valence-corrected chi connectivity index (χ3v) is 5.87. The average Bonchev–Trinajstić information content (AvgIpc) is 2.20. The summed E-state index contributed by atoms with van der Waals surface area (Å²) in [6.45, 7) is 10.7. The first-order chi connectivity index (χ1) is 7.15. The summed E-state index contributed by atoms with van der Waals surface area (Å²) in [4.78, 5) is 0. The SMILES string of the molecule is C=CC/C(CCCC)=C(/SC(C)C)[Se]C. The van der Waals surface area contributed by atoms with Gasteiger partial charge in [-0.3, -0.25) is 0 Å². The van der Waals surface area contributed by atoms with Gasteiger partial charge < -0.3 is 0 Å². The molecular formula is C13H24SSe. The summed E-state index contributed by atoms with van der Waals surface area (Å²) in [5.74, 6) is 2.33. The summed E-state index contributed by atoms with van der Waals surface area (Å²) in [7, 11) is 0. The van der Waals surface area contributed by atoms with E-state index in [1.54, 1.807) is 9.38 Å². The van der Waals surface area contributed by atoms with Crippen LogP contribution in [0.3, 0.4) is 0 Å². The van der Waals surface area contributed by atoms with Gasteiger partial charge in [0.25, 0.3) is 0 Å². The number of hydrogen-bond acceptors (Lipinski definition) is 1. The Morgan fingerprint density at radius 2 is 2.13 bits per heavy atom. The van der Waals surface area contributed by atoms with Crippen LogP contribution in [0.1, 0.15) is 46.5 Å². The maximum absolute atomic E-state index is 3.87. The van der Waals surface area contributed by atoms with Crippen molar-refractivity contribution in [2.45, 2.75) is 57.5 Å². The standard InChI is InChI=1S/C13H24SSe/c1-6-8-10-12(9-7-2)13(15-5)14-11(3)4/h7,11H,2,6,8-10H2,1,3-5H3/b13-12+. The second-order valence-corrected chi connectivity index (χ2v) is 7.74. The van der Waals surface area contributed by atoms with Gasteiger partial charge in [0.05, 0.1) is 0 Å². The third kappa shape index (κ3) is 7.27. The molecule has 88 valence electrons. The monoisotopic (exact) mass is 292 g/mol. The van der Waals surface area contributed by atoms with E-state index in [1.165, 1.54) is 19.3 Å². The zero-order valence-corrected chi connectivity index (χ0v) is 13.0. The van der Waals surface area contributed by atoms with E-state index in [1.807, 2.05) is 0 Å². The number of hydrogen-bond donors (Lipinski definition) is 0. The molecule has 0 bridgehead atoms. The normalized spacial score (nSPS) is 12.9. The van der Waals surface area contributed by atoms with Crippen LogP contribution < -0.4 is 0 Å². The minimum absolute atomic E-state index is 0.640. The van der Waals surface area contributed by atoms with Gasteiger partial charge >= 0.3 is 106 Å². The first-order valence-corrected chi connectivity index (χ1v) is 9.14. The van der Waals surface area contributed by atoms with E-state index in [0.717, 1.165) is 6.42 Å². The Labute approximate surface area is 106 Å². The molecule has 0 fully saturated rings. The van der Waals surface area contributed by atoms with Gasteiger partial charge in [0.2, 0.25) is 0 Å². The van der Waals surface area contributed by atoms with Crippen LogP contribution in [-0.4, -0.2) is 20.2 Å². The number of unbranched alkanes of at least 4 members (excludes halogenated alkanes) is 1. The summed E-state index contributed by atoms with van der Waals surface area (Å²) in [5.41, 5.74) is 1.65. The second kappa shape index (κ2) is 9.57. The second-order valence-electron chi connectivity index (χ2n) is 3.86. The molecule has 0 aliphatic heterocycles. The van der Waals surface area contributed by atoms with Crippen molar-refractivity contribution in [1.82, 2.24) is 0 Å². The van der Waals surface area contributed by atoms with Crippen molar-refractivity contribution in [3.63, 3.8) is 0 Å². The molecule has 0 nitrogen and oxygen atoms in total. The Morgan fingerprint density at radius 3 is 2.53 bits per heavy atom. The molecule has 0 spiro atoms. The molecule has 15 heavy (non-hydrogen) atoms. The van der Waals surface area contributed by atoms with Gasteiger partial charge in [-0.15, -0.1) is 0 Å². The molecule has 0 unspecified atom stereocenters. The van der Waals surface area contributed by atoms with Crippen LogP contribution >= 0.6 is 11.8 Å². The summed E-state index contributed by atoms with van der Waals surface area (Å²) < 4.78 is 1.66. The summed E-state index contributed by atoms with van der Waals surface area (Å²) in [5, 5.41) is 0.711. The molecule has 0 radical (unpaired) electrons. The van der Waals surface area contributed by atoms with Crippen LogP contribution in [0.15, 0.2) is 22.0 Å². The average molecular weight is 291 g/mol. The van der Waals surface area contributed by atoms with Crippen LogP contribution in [-0.2, 0) is 0 Å². The number of allylic oxidation sites excluding steroid dienone is 2. The van der Waals surface area contributed by atoms with Crippen molar-refractivity contribution in [2.24, 2.45) is 0 Å². The van der Waals surface area contributed by atoms with Crippen molar-refractivity contribution in [3.05, 3.63) is 22.0 Å². The zero-order chi connectivity index (χ0) is 11.7. The first-order valence-electron chi connectivity index (χ1n) is 5.69. The van der Waals surface area contributed by atoms with Crippen LogP contribution in [0.2, 0.25) is 5.82 Å². The first kappa shape index (κ1) is 15.3. The molecule has 0 saturated heterocycles. The van der Waals surface area contributed by atoms with E-state index in [4.69, 9.17) is 0 Å². The molecule has 0 N–H and O–H groups in total. The molecule has 0 atom stereocenters. The Hall–Kier alpha value is 0.349. The Morgan fingerprint density at radius 1 is 1.47 bits per heavy atom. The number of thioether (sulfide) groups is 1. The van der Waals surface area contributed by atoms with Gasteiger partial charge in [0.15, 0.2) is 0 Å². The molecule has 0 aliphatic rings. The van der Waals surface area contributed by atoms with E-state index in [-0.39, 0.29) is 0 Å². The molecule has 0 heterocycles. The van der Waals surface area contributed by atoms with Gasteiger partial charge in [-0.05, 0) is 0 Å². The molecule has 0 aliphatic carbocycles. The molecule has 0 saturated carbocycles. The summed E-state index contributed by atoms with van der Waals surface area (Å²) in [6, 6.07) is 0. The third-order valence-electron chi connectivity index (χ3n) is 2.04. The summed E-state index contributed by atoms with van der Waals surface area (Å²) >= 11 is 2.70. The van der Waals surface area contributed by atoms with E-state index in [9.17, 15) is 0 Å². The Balaban J connectivity index is 4.56. The van der Waals surface area contributed by atoms with Crippen molar-refractivity contribution in [3.8, 4) is 0 Å². The Bertz CT molecular complexity index is 207. The van der Waals surface area contributed by atoms with Crippen LogP contribution in [0.25, 0.3) is 0 Å². The molecule has 0 aromatic heterocycles. The van der Waals surface area contributed by atoms with Gasteiger partial charge in [0.1, 0.15) is 0 Å². The molecule has 2 heteroatoms. The van der Waals surface area contributed by atoms with Crippen molar-refractivity contribution in [2.75, 3.05) is 0 Å². The predicted molar refractivity (Wildman–Crippen MR) is 75.7 cm³/mol. The van der Waals surface area contributed by atoms with E-state index >= 15 is 0 Å². The Kier molecular flexibility index (Phi) is 9.79. The predicted octanol–water partition coefficient (Wildman–Crippen LogP) is 4.86. The van der Waals surface area contributed by atoms with Crippen molar-refractivity contribution >= 4 is 26.7 Å². The molecule has 0 aromatic rings. The molecule has 0 amide bonds. The fourth-order valence-corrected chi connectivity index (χ4v) is 5.03. The number of rotatable bonds is 8. The molecule has 0 aromatic carbocycles. The van der Waals surface area contributed by atoms with Gasteiger partial charge in [0, 0.05) is 0 Å². The van der Waals surface area contributed by atoms with E-state index in [0.29, 0.717) is 20.2 Å². The van der Waals surface area contributed by atoms with Crippen LogP contribution in [0.5, 0.6) is 0 Å². The van der Waals surface area contributed by atoms with Crippen molar-refractivity contribution < 1.29 is 0 Å².